The van der Waals surface area contributed by atoms with E-state index in [1.165, 1.54) is 11.3 Å². The van der Waals surface area contributed by atoms with Crippen molar-refractivity contribution in [2.24, 2.45) is 5.92 Å². The lowest BCUT2D eigenvalue weighted by Crippen LogP contribution is -2.41. The molecule has 0 bridgehead atoms. The van der Waals surface area contributed by atoms with Gasteiger partial charge in [-0.15, -0.1) is 0 Å². The number of anilines is 2. The van der Waals surface area contributed by atoms with Crippen molar-refractivity contribution in [3.8, 4) is 0 Å². The maximum Gasteiger partial charge on any atom is 0.231 e. The standard InChI is InChI=1S/C18H19N5OS/c1-12-5-2-7-14-15(12)21-18(25-14)22-16(24)13-6-3-10-23(11-13)17-19-8-4-9-20-17/h2,4-5,7-9,13H,3,6,10-11H2,1H3,(H,21,22,24). The Labute approximate surface area is 149 Å². The van der Waals surface area contributed by atoms with Crippen molar-refractivity contribution in [2.45, 2.75) is 19.8 Å². The quantitative estimate of drug-likeness (QED) is 0.783. The van der Waals surface area contributed by atoms with Crippen molar-refractivity contribution in [2.75, 3.05) is 23.3 Å². The fraction of sp³-hybridized carbons (Fsp3) is 0.333. The second-order valence-electron chi connectivity index (χ2n) is 6.26. The summed E-state index contributed by atoms with van der Waals surface area (Å²) in [6.07, 6.45) is 5.29. The highest BCUT2D eigenvalue weighted by atomic mass is 32.1. The van der Waals surface area contributed by atoms with E-state index in [0.29, 0.717) is 17.6 Å². The number of benzene rings is 1. The zero-order valence-corrected chi connectivity index (χ0v) is 14.8. The van der Waals surface area contributed by atoms with Gasteiger partial charge in [0.05, 0.1) is 16.1 Å². The van der Waals surface area contributed by atoms with Crippen LogP contribution >= 0.6 is 11.3 Å². The molecule has 1 fully saturated rings. The Hall–Kier alpha value is -2.54. The van der Waals surface area contributed by atoms with E-state index in [1.807, 2.05) is 25.1 Å². The van der Waals surface area contributed by atoms with E-state index < -0.39 is 0 Å². The smallest absolute Gasteiger partial charge is 0.231 e. The average Bonchev–Trinajstić information content (AvgIpc) is 3.06. The molecule has 1 atom stereocenters. The fourth-order valence-electron chi connectivity index (χ4n) is 3.17. The van der Waals surface area contributed by atoms with Gasteiger partial charge in [0.1, 0.15) is 0 Å². The number of carbonyl (C=O) groups excluding carboxylic acids is 1. The number of amides is 1. The SMILES string of the molecule is Cc1cccc2sc(NC(=O)C3CCCN(c4ncccn4)C3)nc12. The van der Waals surface area contributed by atoms with E-state index in [-0.39, 0.29) is 11.8 Å². The highest BCUT2D eigenvalue weighted by molar-refractivity contribution is 7.22. The van der Waals surface area contributed by atoms with Crippen molar-refractivity contribution < 1.29 is 4.79 Å². The minimum atomic E-state index is -0.0781. The highest BCUT2D eigenvalue weighted by Gasteiger charge is 2.27. The van der Waals surface area contributed by atoms with Gasteiger partial charge in [-0.25, -0.2) is 15.0 Å². The summed E-state index contributed by atoms with van der Waals surface area (Å²) in [4.78, 5) is 27.9. The van der Waals surface area contributed by atoms with Gasteiger partial charge < -0.3 is 10.2 Å². The molecule has 7 heteroatoms. The van der Waals surface area contributed by atoms with E-state index in [9.17, 15) is 4.79 Å². The Morgan fingerprint density at radius 2 is 2.12 bits per heavy atom. The summed E-state index contributed by atoms with van der Waals surface area (Å²) in [5.41, 5.74) is 2.09. The molecule has 3 aromatic rings. The van der Waals surface area contributed by atoms with Crippen LogP contribution in [0.3, 0.4) is 0 Å². The molecular weight excluding hydrogens is 334 g/mol. The summed E-state index contributed by atoms with van der Waals surface area (Å²) in [6, 6.07) is 7.88. The molecule has 0 saturated carbocycles. The number of nitrogens with one attached hydrogen (secondary N) is 1. The molecule has 1 N–H and O–H groups in total. The number of aryl methyl sites for hydroxylation is 1. The Balaban J connectivity index is 1.47. The van der Waals surface area contributed by atoms with Crippen LogP contribution in [0, 0.1) is 12.8 Å². The van der Waals surface area contributed by atoms with Crippen LogP contribution in [-0.2, 0) is 4.79 Å². The molecule has 0 radical (unpaired) electrons. The molecule has 6 nitrogen and oxygen atoms in total. The maximum atomic E-state index is 12.7. The predicted octanol–water partition coefficient (Wildman–Crippen LogP) is 3.25. The third-order valence-electron chi connectivity index (χ3n) is 4.48. The molecular formula is C18H19N5OS. The van der Waals surface area contributed by atoms with Gasteiger partial charge in [0.2, 0.25) is 11.9 Å². The van der Waals surface area contributed by atoms with Gasteiger partial charge in [-0.2, -0.15) is 0 Å². The Morgan fingerprint density at radius 1 is 1.28 bits per heavy atom. The van der Waals surface area contributed by atoms with Crippen LogP contribution in [0.2, 0.25) is 0 Å². The summed E-state index contributed by atoms with van der Waals surface area (Å²) in [6.45, 7) is 3.56. The molecule has 1 aromatic carbocycles. The Bertz CT molecular complexity index is 895. The molecule has 1 aliphatic rings. The molecule has 25 heavy (non-hydrogen) atoms. The van der Waals surface area contributed by atoms with E-state index in [0.717, 1.165) is 35.2 Å². The number of para-hydroxylation sites is 1. The van der Waals surface area contributed by atoms with E-state index in [1.54, 1.807) is 18.5 Å². The third kappa shape index (κ3) is 3.32. The average molecular weight is 353 g/mol. The number of carbonyl (C=O) groups is 1. The van der Waals surface area contributed by atoms with E-state index in [4.69, 9.17) is 0 Å². The Kier molecular flexibility index (Phi) is 4.31. The van der Waals surface area contributed by atoms with Gasteiger partial charge in [-0.05, 0) is 37.5 Å². The van der Waals surface area contributed by atoms with Crippen LogP contribution in [0.4, 0.5) is 11.1 Å². The minimum absolute atomic E-state index is 0.0253. The number of piperidine rings is 1. The first-order valence-corrected chi connectivity index (χ1v) is 9.21. The minimum Gasteiger partial charge on any atom is -0.340 e. The second-order valence-corrected chi connectivity index (χ2v) is 7.29. The third-order valence-corrected chi connectivity index (χ3v) is 5.41. The number of aromatic nitrogens is 3. The summed E-state index contributed by atoms with van der Waals surface area (Å²) < 4.78 is 1.10. The summed E-state index contributed by atoms with van der Waals surface area (Å²) in [5, 5.41) is 3.67. The number of hydrogen-bond acceptors (Lipinski definition) is 6. The van der Waals surface area contributed by atoms with Gasteiger partial charge in [-0.1, -0.05) is 23.5 Å². The Morgan fingerprint density at radius 3 is 2.92 bits per heavy atom. The van der Waals surface area contributed by atoms with Gasteiger partial charge >= 0.3 is 0 Å². The second kappa shape index (κ2) is 6.76. The first-order chi connectivity index (χ1) is 12.2. The zero-order valence-electron chi connectivity index (χ0n) is 14.0. The lowest BCUT2D eigenvalue weighted by molar-refractivity contribution is -0.120. The van der Waals surface area contributed by atoms with Crippen LogP contribution in [0.1, 0.15) is 18.4 Å². The van der Waals surface area contributed by atoms with Crippen LogP contribution < -0.4 is 10.2 Å². The zero-order chi connectivity index (χ0) is 17.2. The first-order valence-electron chi connectivity index (χ1n) is 8.40. The van der Waals surface area contributed by atoms with Crippen molar-refractivity contribution in [1.82, 2.24) is 15.0 Å². The molecule has 2 aromatic heterocycles. The molecule has 1 saturated heterocycles. The topological polar surface area (TPSA) is 71.0 Å². The first kappa shape index (κ1) is 16.0. The van der Waals surface area contributed by atoms with Crippen LogP contribution in [0.15, 0.2) is 36.7 Å². The monoisotopic (exact) mass is 353 g/mol. The van der Waals surface area contributed by atoms with E-state index >= 15 is 0 Å². The predicted molar refractivity (Wildman–Crippen MR) is 100.0 cm³/mol. The molecule has 1 unspecified atom stereocenters. The molecule has 4 rings (SSSR count). The molecule has 0 spiro atoms. The molecule has 128 valence electrons. The van der Waals surface area contributed by atoms with Gasteiger partial charge in [0.15, 0.2) is 5.13 Å². The van der Waals surface area contributed by atoms with Crippen molar-refractivity contribution in [3.05, 3.63) is 42.2 Å². The summed E-state index contributed by atoms with van der Waals surface area (Å²) >= 11 is 1.52. The molecule has 0 aliphatic carbocycles. The van der Waals surface area contributed by atoms with Crippen LogP contribution in [-0.4, -0.2) is 33.9 Å². The highest BCUT2D eigenvalue weighted by Crippen LogP contribution is 2.29. The number of hydrogen-bond donors (Lipinski definition) is 1. The van der Waals surface area contributed by atoms with Crippen LogP contribution in [0.25, 0.3) is 10.2 Å². The van der Waals surface area contributed by atoms with Gasteiger partial charge in [0, 0.05) is 25.5 Å². The molecule has 1 aliphatic heterocycles. The lowest BCUT2D eigenvalue weighted by Gasteiger charge is -2.31. The van der Waals surface area contributed by atoms with Crippen LogP contribution in [0.5, 0.6) is 0 Å². The number of nitrogens with zero attached hydrogens (tertiary/aromatic N) is 4. The van der Waals surface area contributed by atoms with Gasteiger partial charge in [-0.3, -0.25) is 4.79 Å². The number of thiazole rings is 1. The van der Waals surface area contributed by atoms with Crippen molar-refractivity contribution in [1.29, 1.82) is 0 Å². The number of fused-ring (bicyclic) bond motifs is 1. The maximum absolute atomic E-state index is 12.7. The summed E-state index contributed by atoms with van der Waals surface area (Å²) in [7, 11) is 0. The van der Waals surface area contributed by atoms with E-state index in [2.05, 4.69) is 25.2 Å². The molecule has 1 amide bonds. The fourth-order valence-corrected chi connectivity index (χ4v) is 4.12. The van der Waals surface area contributed by atoms with Crippen molar-refractivity contribution >= 4 is 38.5 Å². The molecule has 3 heterocycles. The van der Waals surface area contributed by atoms with Crippen molar-refractivity contribution in [3.63, 3.8) is 0 Å². The number of rotatable bonds is 3. The summed E-state index contributed by atoms with van der Waals surface area (Å²) in [5.74, 6) is 0.638. The van der Waals surface area contributed by atoms with Gasteiger partial charge in [0.25, 0.3) is 0 Å². The lowest BCUT2D eigenvalue weighted by atomic mass is 9.97. The normalized spacial score (nSPS) is 17.6. The largest absolute Gasteiger partial charge is 0.340 e.